The van der Waals surface area contributed by atoms with Crippen LogP contribution in [-0.4, -0.2) is 19.3 Å². The largest absolute Gasteiger partial charge is 0.350 e. The molecule has 0 fully saturated rings. The number of aromatic nitrogens is 4. The summed E-state index contributed by atoms with van der Waals surface area (Å²) in [6, 6.07) is 5.93. The molecule has 0 bridgehead atoms. The fourth-order valence-electron chi connectivity index (χ4n) is 2.16. The predicted molar refractivity (Wildman–Crippen MR) is 65.4 cm³/mol. The zero-order valence-electron chi connectivity index (χ0n) is 9.64. The van der Waals surface area contributed by atoms with Gasteiger partial charge in [-0.25, -0.2) is 14.5 Å². The van der Waals surface area contributed by atoms with Crippen LogP contribution in [0.3, 0.4) is 0 Å². The Morgan fingerprint density at radius 2 is 2.18 bits per heavy atom. The van der Waals surface area contributed by atoms with Gasteiger partial charge in [-0.05, 0) is 30.7 Å². The fraction of sp³-hybridized carbons (Fsp3) is 0.167. The molecule has 0 aliphatic rings. The number of hydrogen-bond acceptors (Lipinski definition) is 2. The summed E-state index contributed by atoms with van der Waals surface area (Å²) in [5, 5.41) is 7.26. The number of fused-ring (bicyclic) bond motifs is 1. The maximum Gasteiger partial charge on any atom is 0.347 e. The first kappa shape index (κ1) is 9.89. The number of nitrogens with zero attached hydrogens (tertiary/aromatic N) is 3. The molecule has 0 aliphatic carbocycles. The number of aromatic amines is 1. The highest BCUT2D eigenvalue weighted by Gasteiger charge is 2.06. The molecule has 0 spiro atoms. The van der Waals surface area contributed by atoms with Gasteiger partial charge in [0.2, 0.25) is 0 Å². The molecule has 1 N–H and O–H groups in total. The molecule has 5 heteroatoms. The van der Waals surface area contributed by atoms with E-state index >= 15 is 0 Å². The third-order valence-corrected chi connectivity index (χ3v) is 3.00. The van der Waals surface area contributed by atoms with Crippen molar-refractivity contribution in [1.82, 2.24) is 19.3 Å². The normalized spacial score (nSPS) is 11.2. The topological polar surface area (TPSA) is 55.6 Å². The van der Waals surface area contributed by atoms with Gasteiger partial charge >= 0.3 is 5.69 Å². The van der Waals surface area contributed by atoms with E-state index < -0.39 is 0 Å². The standard InChI is InChI=1S/C12H12N4O/c1-8-6-15(2)11-4-3-9(5-10(8)11)16-7-13-14-12(16)17/h3-7H,1-2H3,(H,14,17). The van der Waals surface area contributed by atoms with E-state index in [0.717, 1.165) is 16.6 Å². The minimum atomic E-state index is -0.224. The quantitative estimate of drug-likeness (QED) is 0.683. The van der Waals surface area contributed by atoms with Crippen molar-refractivity contribution in [2.75, 3.05) is 0 Å². The molecule has 0 aliphatic heterocycles. The van der Waals surface area contributed by atoms with E-state index in [9.17, 15) is 4.79 Å². The Labute approximate surface area is 97.3 Å². The first-order valence-electron chi connectivity index (χ1n) is 5.35. The molecule has 0 atom stereocenters. The van der Waals surface area contributed by atoms with Gasteiger partial charge < -0.3 is 4.57 Å². The summed E-state index contributed by atoms with van der Waals surface area (Å²) in [4.78, 5) is 11.5. The van der Waals surface area contributed by atoms with Crippen molar-refractivity contribution in [2.24, 2.45) is 7.05 Å². The summed E-state index contributed by atoms with van der Waals surface area (Å²) >= 11 is 0. The van der Waals surface area contributed by atoms with E-state index in [2.05, 4.69) is 27.9 Å². The average molecular weight is 228 g/mol. The molecule has 0 saturated heterocycles. The molecule has 17 heavy (non-hydrogen) atoms. The first-order chi connectivity index (χ1) is 8.16. The lowest BCUT2D eigenvalue weighted by Crippen LogP contribution is -2.13. The van der Waals surface area contributed by atoms with Crippen LogP contribution in [0.5, 0.6) is 0 Å². The summed E-state index contributed by atoms with van der Waals surface area (Å²) in [7, 11) is 2.01. The summed E-state index contributed by atoms with van der Waals surface area (Å²) in [6.07, 6.45) is 3.56. The Morgan fingerprint density at radius 3 is 2.88 bits per heavy atom. The highest BCUT2D eigenvalue weighted by Crippen LogP contribution is 2.22. The van der Waals surface area contributed by atoms with Crippen LogP contribution in [0.1, 0.15) is 5.56 Å². The summed E-state index contributed by atoms with van der Waals surface area (Å²) < 4.78 is 3.57. The lowest BCUT2D eigenvalue weighted by atomic mass is 10.2. The molecule has 2 aromatic heterocycles. The van der Waals surface area contributed by atoms with Gasteiger partial charge in [-0.1, -0.05) is 0 Å². The van der Waals surface area contributed by atoms with Crippen molar-refractivity contribution < 1.29 is 0 Å². The van der Waals surface area contributed by atoms with E-state index in [4.69, 9.17) is 0 Å². The maximum atomic E-state index is 11.5. The first-order valence-corrected chi connectivity index (χ1v) is 5.35. The second-order valence-electron chi connectivity index (χ2n) is 4.16. The van der Waals surface area contributed by atoms with Crippen molar-refractivity contribution in [1.29, 1.82) is 0 Å². The van der Waals surface area contributed by atoms with Gasteiger partial charge in [0.1, 0.15) is 6.33 Å². The molecule has 3 aromatic rings. The van der Waals surface area contributed by atoms with Gasteiger partial charge in [0, 0.05) is 24.1 Å². The smallest absolute Gasteiger partial charge is 0.347 e. The number of rotatable bonds is 1. The SMILES string of the molecule is Cc1cn(C)c2ccc(-n3cn[nH]c3=O)cc12. The van der Waals surface area contributed by atoms with Crippen LogP contribution in [-0.2, 0) is 7.05 Å². The molecular weight excluding hydrogens is 216 g/mol. The van der Waals surface area contributed by atoms with Gasteiger partial charge in [-0.15, -0.1) is 0 Å². The third kappa shape index (κ3) is 1.39. The Morgan fingerprint density at radius 1 is 1.35 bits per heavy atom. The predicted octanol–water partition coefficient (Wildman–Crippen LogP) is 1.36. The minimum absolute atomic E-state index is 0.224. The van der Waals surface area contributed by atoms with Gasteiger partial charge in [-0.2, -0.15) is 5.10 Å². The van der Waals surface area contributed by atoms with Crippen molar-refractivity contribution in [3.8, 4) is 5.69 Å². The summed E-state index contributed by atoms with van der Waals surface area (Å²) in [5.41, 5.74) is 2.95. The zero-order valence-corrected chi connectivity index (χ0v) is 9.64. The molecule has 0 radical (unpaired) electrons. The van der Waals surface area contributed by atoms with Gasteiger partial charge in [-0.3, -0.25) is 0 Å². The van der Waals surface area contributed by atoms with Crippen LogP contribution in [0, 0.1) is 6.92 Å². The second kappa shape index (κ2) is 3.35. The lowest BCUT2D eigenvalue weighted by molar-refractivity contribution is 0.961. The lowest BCUT2D eigenvalue weighted by Gasteiger charge is -2.01. The maximum absolute atomic E-state index is 11.5. The molecule has 0 saturated carbocycles. The monoisotopic (exact) mass is 228 g/mol. The molecule has 3 rings (SSSR count). The Hall–Kier alpha value is -2.30. The second-order valence-corrected chi connectivity index (χ2v) is 4.16. The van der Waals surface area contributed by atoms with Crippen LogP contribution in [0.25, 0.3) is 16.6 Å². The Kier molecular flexibility index (Phi) is 1.95. The van der Waals surface area contributed by atoms with E-state index in [1.54, 1.807) is 0 Å². The van der Waals surface area contributed by atoms with Crippen LogP contribution < -0.4 is 5.69 Å². The molecule has 1 aromatic carbocycles. The van der Waals surface area contributed by atoms with Crippen molar-refractivity contribution in [3.63, 3.8) is 0 Å². The van der Waals surface area contributed by atoms with Gasteiger partial charge in [0.05, 0.1) is 5.69 Å². The molecule has 86 valence electrons. The number of hydrogen-bond donors (Lipinski definition) is 1. The Bertz CT molecular complexity index is 747. The fourth-order valence-corrected chi connectivity index (χ4v) is 2.16. The molecule has 5 nitrogen and oxygen atoms in total. The number of H-pyrrole nitrogens is 1. The Balaban J connectivity index is 2.30. The average Bonchev–Trinajstić information content (AvgIpc) is 2.84. The third-order valence-electron chi connectivity index (χ3n) is 3.00. The van der Waals surface area contributed by atoms with E-state index in [1.165, 1.54) is 16.5 Å². The molecule has 0 unspecified atom stereocenters. The minimum Gasteiger partial charge on any atom is -0.350 e. The van der Waals surface area contributed by atoms with Crippen LogP contribution >= 0.6 is 0 Å². The van der Waals surface area contributed by atoms with E-state index in [1.807, 2.05) is 25.2 Å². The summed E-state index contributed by atoms with van der Waals surface area (Å²) in [6.45, 7) is 2.06. The van der Waals surface area contributed by atoms with Crippen molar-refractivity contribution in [3.05, 3.63) is 46.8 Å². The van der Waals surface area contributed by atoms with E-state index in [-0.39, 0.29) is 5.69 Å². The highest BCUT2D eigenvalue weighted by molar-refractivity contribution is 5.85. The van der Waals surface area contributed by atoms with Gasteiger partial charge in [0.25, 0.3) is 0 Å². The van der Waals surface area contributed by atoms with Crippen LogP contribution in [0.4, 0.5) is 0 Å². The number of benzene rings is 1. The molecular formula is C12H12N4O. The van der Waals surface area contributed by atoms with Crippen molar-refractivity contribution in [2.45, 2.75) is 6.92 Å². The van der Waals surface area contributed by atoms with Gasteiger partial charge in [0.15, 0.2) is 0 Å². The number of aryl methyl sites for hydroxylation is 2. The van der Waals surface area contributed by atoms with E-state index in [0.29, 0.717) is 0 Å². The molecule has 2 heterocycles. The highest BCUT2D eigenvalue weighted by atomic mass is 16.1. The number of nitrogens with one attached hydrogen (secondary N) is 1. The zero-order chi connectivity index (χ0) is 12.0. The van der Waals surface area contributed by atoms with Crippen LogP contribution in [0.2, 0.25) is 0 Å². The van der Waals surface area contributed by atoms with Crippen LogP contribution in [0.15, 0.2) is 35.5 Å². The summed E-state index contributed by atoms with van der Waals surface area (Å²) in [5.74, 6) is 0. The molecule has 0 amide bonds. The van der Waals surface area contributed by atoms with Crippen molar-refractivity contribution >= 4 is 10.9 Å².